The number of carbonyl (C=O) groups excluding carboxylic acids is 2. The van der Waals surface area contributed by atoms with Gasteiger partial charge in [0.05, 0.1) is 0 Å². The highest BCUT2D eigenvalue weighted by Crippen LogP contribution is 2.22. The molecule has 1 aromatic rings. The van der Waals surface area contributed by atoms with E-state index in [0.717, 1.165) is 5.69 Å². The van der Waals surface area contributed by atoms with Gasteiger partial charge in [0, 0.05) is 19.8 Å². The highest BCUT2D eigenvalue weighted by atomic mass is 16.6. The van der Waals surface area contributed by atoms with Crippen molar-refractivity contribution in [3.8, 4) is 0 Å². The molecule has 1 N–H and O–H groups in total. The van der Waals surface area contributed by atoms with Gasteiger partial charge >= 0.3 is 6.09 Å². The fraction of sp³-hybridized carbons (Fsp3) is 0.500. The highest BCUT2D eigenvalue weighted by Gasteiger charge is 2.30. The molecule has 0 heterocycles. The normalized spacial score (nSPS) is 14.0. The fourth-order valence-electron chi connectivity index (χ4n) is 1.79. The van der Waals surface area contributed by atoms with Gasteiger partial charge in [-0.15, -0.1) is 0 Å². The van der Waals surface area contributed by atoms with Crippen molar-refractivity contribution < 1.29 is 14.3 Å². The number of benzene rings is 1. The van der Waals surface area contributed by atoms with Crippen LogP contribution in [0.25, 0.3) is 0 Å². The summed E-state index contributed by atoms with van der Waals surface area (Å²) < 4.78 is 5.20. The molecule has 1 atom stereocenters. The number of nitrogens with zero attached hydrogens (tertiary/aromatic N) is 1. The smallest absolute Gasteiger partial charge is 0.408 e. The minimum Gasteiger partial charge on any atom is -0.444 e. The molecule has 0 radical (unpaired) electrons. The molecular formula is C16H24N2O3. The minimum absolute atomic E-state index is 0.608. The van der Waals surface area contributed by atoms with Crippen LogP contribution in [0.2, 0.25) is 0 Å². The molecule has 5 heteroatoms. The summed E-state index contributed by atoms with van der Waals surface area (Å²) in [7, 11) is 3.87. The summed E-state index contributed by atoms with van der Waals surface area (Å²) in [5.41, 5.74) is -0.00578. The first-order chi connectivity index (χ1) is 9.57. The molecule has 0 saturated heterocycles. The van der Waals surface area contributed by atoms with Gasteiger partial charge in [-0.3, -0.25) is 0 Å². The summed E-state index contributed by atoms with van der Waals surface area (Å²) in [5, 5.41) is 2.62. The van der Waals surface area contributed by atoms with Crippen LogP contribution >= 0.6 is 0 Å². The summed E-state index contributed by atoms with van der Waals surface area (Å²) in [6.45, 7) is 6.97. The van der Waals surface area contributed by atoms with Crippen molar-refractivity contribution in [2.75, 3.05) is 19.0 Å². The molecule has 0 aliphatic carbocycles. The Bertz CT molecular complexity index is 503. The monoisotopic (exact) mass is 292 g/mol. The van der Waals surface area contributed by atoms with E-state index < -0.39 is 17.2 Å². The molecule has 21 heavy (non-hydrogen) atoms. The SMILES string of the molecule is CN(C)c1ccc(C(C)(C=O)NC(=O)OC(C)(C)C)cc1. The molecule has 1 aromatic carbocycles. The summed E-state index contributed by atoms with van der Waals surface area (Å²) >= 11 is 0. The number of ether oxygens (including phenoxy) is 1. The Labute approximate surface area is 126 Å². The second kappa shape index (κ2) is 6.16. The van der Waals surface area contributed by atoms with Gasteiger partial charge in [-0.1, -0.05) is 12.1 Å². The zero-order chi connectivity index (χ0) is 16.3. The van der Waals surface area contributed by atoms with E-state index in [2.05, 4.69) is 5.32 Å². The van der Waals surface area contributed by atoms with E-state index in [0.29, 0.717) is 11.8 Å². The maximum atomic E-state index is 11.9. The van der Waals surface area contributed by atoms with Gasteiger partial charge in [-0.05, 0) is 45.4 Å². The van der Waals surface area contributed by atoms with Crippen LogP contribution in [0.3, 0.4) is 0 Å². The van der Waals surface area contributed by atoms with Gasteiger partial charge in [0.15, 0.2) is 0 Å². The number of aldehydes is 1. The number of amides is 1. The third kappa shape index (κ3) is 4.77. The van der Waals surface area contributed by atoms with E-state index >= 15 is 0 Å². The quantitative estimate of drug-likeness (QED) is 0.867. The van der Waals surface area contributed by atoms with Gasteiger partial charge in [0.2, 0.25) is 0 Å². The Morgan fingerprint density at radius 3 is 2.05 bits per heavy atom. The van der Waals surface area contributed by atoms with Crippen LogP contribution < -0.4 is 10.2 Å². The number of hydrogen-bond donors (Lipinski definition) is 1. The van der Waals surface area contributed by atoms with E-state index in [1.165, 1.54) is 0 Å². The highest BCUT2D eigenvalue weighted by molar-refractivity contribution is 5.78. The zero-order valence-corrected chi connectivity index (χ0v) is 13.6. The topological polar surface area (TPSA) is 58.6 Å². The minimum atomic E-state index is -1.12. The second-order valence-corrected chi connectivity index (χ2v) is 6.39. The van der Waals surface area contributed by atoms with Crippen molar-refractivity contribution >= 4 is 18.1 Å². The molecule has 0 aromatic heterocycles. The first-order valence-electron chi connectivity index (χ1n) is 6.83. The lowest BCUT2D eigenvalue weighted by molar-refractivity contribution is -0.113. The van der Waals surface area contributed by atoms with Crippen LogP contribution in [0.5, 0.6) is 0 Å². The third-order valence-electron chi connectivity index (χ3n) is 2.98. The van der Waals surface area contributed by atoms with E-state index in [1.807, 2.05) is 43.3 Å². The molecule has 0 saturated carbocycles. The van der Waals surface area contributed by atoms with Gasteiger partial charge in [-0.25, -0.2) is 4.79 Å². The van der Waals surface area contributed by atoms with Crippen molar-refractivity contribution in [3.63, 3.8) is 0 Å². The maximum absolute atomic E-state index is 11.9. The molecule has 1 rings (SSSR count). The van der Waals surface area contributed by atoms with E-state index in [1.54, 1.807) is 27.7 Å². The van der Waals surface area contributed by atoms with E-state index in [-0.39, 0.29) is 0 Å². The Morgan fingerprint density at radius 2 is 1.67 bits per heavy atom. The summed E-state index contributed by atoms with van der Waals surface area (Å²) in [4.78, 5) is 25.3. The van der Waals surface area contributed by atoms with Gasteiger partial charge < -0.3 is 19.7 Å². The molecule has 0 bridgehead atoms. The average Bonchev–Trinajstić information content (AvgIpc) is 2.36. The van der Waals surface area contributed by atoms with Crippen molar-refractivity contribution in [1.82, 2.24) is 5.32 Å². The predicted molar refractivity (Wildman–Crippen MR) is 83.6 cm³/mol. The number of nitrogens with one attached hydrogen (secondary N) is 1. The van der Waals surface area contributed by atoms with Crippen molar-refractivity contribution in [3.05, 3.63) is 29.8 Å². The van der Waals surface area contributed by atoms with Crippen LogP contribution in [0.4, 0.5) is 10.5 Å². The molecule has 1 amide bonds. The molecule has 0 aliphatic heterocycles. The summed E-state index contributed by atoms with van der Waals surface area (Å²) in [6, 6.07) is 7.43. The van der Waals surface area contributed by atoms with Crippen molar-refractivity contribution in [2.24, 2.45) is 0 Å². The van der Waals surface area contributed by atoms with E-state index in [4.69, 9.17) is 4.74 Å². The Morgan fingerprint density at radius 1 is 1.14 bits per heavy atom. The lowest BCUT2D eigenvalue weighted by Gasteiger charge is -2.28. The first kappa shape index (κ1) is 17.0. The van der Waals surface area contributed by atoms with Crippen LogP contribution in [0.1, 0.15) is 33.3 Å². The molecule has 0 spiro atoms. The first-order valence-corrected chi connectivity index (χ1v) is 6.83. The van der Waals surface area contributed by atoms with Crippen LogP contribution in [0.15, 0.2) is 24.3 Å². The lowest BCUT2D eigenvalue weighted by Crippen LogP contribution is -2.46. The summed E-state index contributed by atoms with van der Waals surface area (Å²) in [6.07, 6.45) is 0.0930. The van der Waals surface area contributed by atoms with E-state index in [9.17, 15) is 9.59 Å². The van der Waals surface area contributed by atoms with Crippen LogP contribution in [-0.2, 0) is 15.1 Å². The number of rotatable bonds is 4. The second-order valence-electron chi connectivity index (χ2n) is 6.39. The molecule has 0 aliphatic rings. The van der Waals surface area contributed by atoms with Gasteiger partial charge in [0.25, 0.3) is 0 Å². The molecule has 0 fully saturated rings. The number of hydrogen-bond acceptors (Lipinski definition) is 4. The summed E-state index contributed by atoms with van der Waals surface area (Å²) in [5.74, 6) is 0. The van der Waals surface area contributed by atoms with Crippen LogP contribution in [-0.4, -0.2) is 32.1 Å². The predicted octanol–water partition coefficient (Wildman–Crippen LogP) is 2.69. The third-order valence-corrected chi connectivity index (χ3v) is 2.98. The molecular weight excluding hydrogens is 268 g/mol. The average molecular weight is 292 g/mol. The number of carbonyl (C=O) groups is 2. The standard InChI is InChI=1S/C16H24N2O3/c1-15(2,3)21-14(20)17-16(4,11-19)12-7-9-13(10-8-12)18(5)6/h7-11H,1-6H3,(H,17,20). The molecule has 116 valence electrons. The maximum Gasteiger partial charge on any atom is 0.408 e. The van der Waals surface area contributed by atoms with Crippen molar-refractivity contribution in [1.29, 1.82) is 0 Å². The Hall–Kier alpha value is -2.04. The largest absolute Gasteiger partial charge is 0.444 e. The van der Waals surface area contributed by atoms with Crippen LogP contribution in [0, 0.1) is 0 Å². The number of anilines is 1. The molecule has 1 unspecified atom stereocenters. The lowest BCUT2D eigenvalue weighted by atomic mass is 9.93. The Kier molecular flexibility index (Phi) is 4.99. The van der Waals surface area contributed by atoms with Crippen molar-refractivity contribution in [2.45, 2.75) is 38.8 Å². The Balaban J connectivity index is 2.93. The fourth-order valence-corrected chi connectivity index (χ4v) is 1.79. The number of alkyl carbamates (subject to hydrolysis) is 1. The molecule has 5 nitrogen and oxygen atoms in total. The zero-order valence-electron chi connectivity index (χ0n) is 13.6. The van der Waals surface area contributed by atoms with Gasteiger partial charge in [0.1, 0.15) is 17.4 Å². The van der Waals surface area contributed by atoms with Gasteiger partial charge in [-0.2, -0.15) is 0 Å².